The minimum absolute atomic E-state index is 0.0674. The fourth-order valence-electron chi connectivity index (χ4n) is 4.22. The largest absolute Gasteiger partial charge is 0.487 e. The molecule has 34 heavy (non-hydrogen) atoms. The second-order valence-electron chi connectivity index (χ2n) is 11.0. The Morgan fingerprint density at radius 3 is 2.38 bits per heavy atom. The van der Waals surface area contributed by atoms with E-state index in [0.717, 1.165) is 5.75 Å². The smallest absolute Gasteiger partial charge is 0.248 e. The van der Waals surface area contributed by atoms with E-state index in [4.69, 9.17) is 4.74 Å². The number of carbonyl (C=O) groups excluding carboxylic acids is 2. The molecular formula is C25H37N5O4. The molecule has 9 nitrogen and oxygen atoms in total. The first kappa shape index (κ1) is 25.7. The maximum Gasteiger partial charge on any atom is 0.248 e. The van der Waals surface area contributed by atoms with Crippen LogP contribution in [-0.2, 0) is 21.6 Å². The van der Waals surface area contributed by atoms with Gasteiger partial charge in [0, 0.05) is 20.0 Å². The van der Waals surface area contributed by atoms with E-state index in [1.165, 1.54) is 22.2 Å². The molecule has 1 aliphatic rings. The molecule has 0 radical (unpaired) electrons. The number of hydrogen-bond acceptors (Lipinski definition) is 6. The molecule has 2 N–H and O–H groups in total. The van der Waals surface area contributed by atoms with E-state index in [9.17, 15) is 14.7 Å². The van der Waals surface area contributed by atoms with E-state index >= 15 is 0 Å². The molecule has 2 heterocycles. The van der Waals surface area contributed by atoms with Gasteiger partial charge in [-0.2, -0.15) is 0 Å². The Morgan fingerprint density at radius 2 is 1.82 bits per heavy atom. The van der Waals surface area contributed by atoms with Crippen LogP contribution in [0.3, 0.4) is 0 Å². The van der Waals surface area contributed by atoms with Gasteiger partial charge in [0.25, 0.3) is 0 Å². The lowest BCUT2D eigenvalue weighted by Crippen LogP contribution is -2.49. The molecule has 1 aliphatic heterocycles. The van der Waals surface area contributed by atoms with Crippen molar-refractivity contribution in [3.63, 3.8) is 0 Å². The van der Waals surface area contributed by atoms with Gasteiger partial charge in [0.05, 0.1) is 12.3 Å². The molecular weight excluding hydrogens is 434 g/mol. The summed E-state index contributed by atoms with van der Waals surface area (Å²) in [5.74, 6) is 0.168. The van der Waals surface area contributed by atoms with E-state index in [0.29, 0.717) is 5.69 Å². The van der Waals surface area contributed by atoms with Gasteiger partial charge in [0.15, 0.2) is 0 Å². The molecule has 0 spiro atoms. The first-order chi connectivity index (χ1) is 15.8. The van der Waals surface area contributed by atoms with E-state index in [1.807, 2.05) is 45.0 Å². The molecule has 3 atom stereocenters. The maximum absolute atomic E-state index is 13.6. The number of aromatic nitrogens is 3. The fourth-order valence-corrected chi connectivity index (χ4v) is 4.22. The minimum atomic E-state index is -0.740. The molecule has 0 bridgehead atoms. The van der Waals surface area contributed by atoms with E-state index in [1.54, 1.807) is 6.20 Å². The first-order valence-electron chi connectivity index (χ1n) is 11.7. The van der Waals surface area contributed by atoms with Crippen molar-refractivity contribution in [2.24, 2.45) is 5.41 Å². The van der Waals surface area contributed by atoms with Crippen molar-refractivity contribution in [2.75, 3.05) is 13.6 Å². The topological polar surface area (TPSA) is 110 Å². The Balaban J connectivity index is 1.76. The van der Waals surface area contributed by atoms with E-state index in [2.05, 4.69) is 36.4 Å². The number of likely N-dealkylation sites (N-methyl/N-ethyl adjacent to an activating group) is 1. The second kappa shape index (κ2) is 9.74. The van der Waals surface area contributed by atoms with Crippen LogP contribution >= 0.6 is 0 Å². The molecule has 9 heteroatoms. The van der Waals surface area contributed by atoms with Gasteiger partial charge >= 0.3 is 0 Å². The molecule has 186 valence electrons. The highest BCUT2D eigenvalue weighted by Gasteiger charge is 2.45. The third-order valence-corrected chi connectivity index (χ3v) is 6.09. The lowest BCUT2D eigenvalue weighted by Gasteiger charge is -2.34. The SMILES string of the molecule is CNC(=O)[C@@H]1C[C@@H](O)CN1C(=O)[C@@H](n1cc(COc2ccc(C(C)(C)C)cc2)nn1)C(C)(C)C. The standard InChI is InChI=1S/C25H37N5O4/c1-24(2,3)16-8-10-19(11-9-16)34-15-17-13-30(28-27-17)21(25(4,5)6)23(33)29-14-18(31)12-20(29)22(32)26-7/h8-11,13,18,20-21,31H,12,14-15H2,1-7H3,(H,26,32)/t18-,20+,21-/m1/s1. The number of nitrogens with zero attached hydrogens (tertiary/aromatic N) is 4. The summed E-state index contributed by atoms with van der Waals surface area (Å²) in [4.78, 5) is 27.4. The number of nitrogens with one attached hydrogen (secondary N) is 1. The van der Waals surface area contributed by atoms with Crippen LogP contribution in [0.5, 0.6) is 5.75 Å². The van der Waals surface area contributed by atoms with Crippen LogP contribution in [0.1, 0.15) is 65.3 Å². The first-order valence-corrected chi connectivity index (χ1v) is 11.7. The van der Waals surface area contributed by atoms with Crippen molar-refractivity contribution in [3.8, 4) is 5.75 Å². The number of aliphatic hydroxyl groups is 1. The third-order valence-electron chi connectivity index (χ3n) is 6.09. The van der Waals surface area contributed by atoms with Gasteiger partial charge in [0.2, 0.25) is 11.8 Å². The zero-order valence-corrected chi connectivity index (χ0v) is 21.2. The van der Waals surface area contributed by atoms with Gasteiger partial charge in [-0.05, 0) is 28.5 Å². The molecule has 1 aromatic carbocycles. The lowest BCUT2D eigenvalue weighted by molar-refractivity contribution is -0.144. The van der Waals surface area contributed by atoms with Crippen molar-refractivity contribution in [3.05, 3.63) is 41.7 Å². The number of amides is 2. The quantitative estimate of drug-likeness (QED) is 0.670. The fraction of sp³-hybridized carbons (Fsp3) is 0.600. The molecule has 0 unspecified atom stereocenters. The van der Waals surface area contributed by atoms with Crippen LogP contribution < -0.4 is 10.1 Å². The summed E-state index contributed by atoms with van der Waals surface area (Å²) < 4.78 is 7.42. The summed E-state index contributed by atoms with van der Waals surface area (Å²) in [6, 6.07) is 6.56. The third kappa shape index (κ3) is 5.75. The van der Waals surface area contributed by atoms with Crippen molar-refractivity contribution in [1.29, 1.82) is 0 Å². The summed E-state index contributed by atoms with van der Waals surface area (Å²) in [6.07, 6.45) is 1.18. The molecule has 1 aromatic heterocycles. The Kier molecular flexibility index (Phi) is 7.35. The van der Waals surface area contributed by atoms with Crippen LogP contribution in [0.4, 0.5) is 0 Å². The molecule has 3 rings (SSSR count). The van der Waals surface area contributed by atoms with Crippen LogP contribution in [-0.4, -0.2) is 62.6 Å². The van der Waals surface area contributed by atoms with Crippen molar-refractivity contribution < 1.29 is 19.4 Å². The summed E-state index contributed by atoms with van der Waals surface area (Å²) in [7, 11) is 1.53. The highest BCUT2D eigenvalue weighted by Crippen LogP contribution is 2.34. The van der Waals surface area contributed by atoms with Crippen LogP contribution in [0, 0.1) is 5.41 Å². The number of hydrogen-bond donors (Lipinski definition) is 2. The zero-order valence-electron chi connectivity index (χ0n) is 21.2. The number of benzene rings is 1. The molecule has 0 saturated carbocycles. The molecule has 1 saturated heterocycles. The number of likely N-dealkylation sites (tertiary alicyclic amines) is 1. The number of aliphatic hydroxyl groups excluding tert-OH is 1. The zero-order chi connectivity index (χ0) is 25.3. The summed E-state index contributed by atoms with van der Waals surface area (Å²) >= 11 is 0. The minimum Gasteiger partial charge on any atom is -0.487 e. The average Bonchev–Trinajstić information content (AvgIpc) is 3.37. The van der Waals surface area contributed by atoms with Gasteiger partial charge in [0.1, 0.15) is 30.1 Å². The van der Waals surface area contributed by atoms with Gasteiger partial charge in [-0.25, -0.2) is 4.68 Å². The van der Waals surface area contributed by atoms with Crippen molar-refractivity contribution >= 4 is 11.8 Å². The highest BCUT2D eigenvalue weighted by molar-refractivity contribution is 5.90. The van der Waals surface area contributed by atoms with Gasteiger partial charge in [-0.1, -0.05) is 58.9 Å². The van der Waals surface area contributed by atoms with Gasteiger partial charge < -0.3 is 20.1 Å². The lowest BCUT2D eigenvalue weighted by atomic mass is 9.85. The summed E-state index contributed by atoms with van der Waals surface area (Å²) in [6.45, 7) is 12.6. The molecule has 2 aromatic rings. The van der Waals surface area contributed by atoms with Crippen LogP contribution in [0.15, 0.2) is 30.5 Å². The monoisotopic (exact) mass is 471 g/mol. The number of rotatable bonds is 6. The number of carbonyl (C=O) groups is 2. The van der Waals surface area contributed by atoms with Crippen molar-refractivity contribution in [1.82, 2.24) is 25.2 Å². The number of β-amino-alcohol motifs (C(OH)–C–C–N with tert-alkyl or cyclic N) is 1. The maximum atomic E-state index is 13.6. The molecule has 0 aliphatic carbocycles. The van der Waals surface area contributed by atoms with Crippen LogP contribution in [0.25, 0.3) is 0 Å². The average molecular weight is 472 g/mol. The Labute approximate surface area is 201 Å². The Hall–Kier alpha value is -2.94. The van der Waals surface area contributed by atoms with Crippen molar-refractivity contribution in [2.45, 2.75) is 78.2 Å². The Morgan fingerprint density at radius 1 is 1.18 bits per heavy atom. The van der Waals surface area contributed by atoms with E-state index in [-0.39, 0.29) is 36.8 Å². The highest BCUT2D eigenvalue weighted by atomic mass is 16.5. The Bertz CT molecular complexity index is 1000. The van der Waals surface area contributed by atoms with Crippen LogP contribution in [0.2, 0.25) is 0 Å². The normalized spacial score (nSPS) is 19.7. The molecule has 1 fully saturated rings. The summed E-state index contributed by atoms with van der Waals surface area (Å²) in [5, 5.41) is 21.1. The second-order valence-corrected chi connectivity index (χ2v) is 11.0. The molecule has 2 amide bonds. The van der Waals surface area contributed by atoms with Gasteiger partial charge in [-0.15, -0.1) is 5.10 Å². The van der Waals surface area contributed by atoms with Gasteiger partial charge in [-0.3, -0.25) is 9.59 Å². The number of ether oxygens (including phenoxy) is 1. The predicted molar refractivity (Wildman–Crippen MR) is 128 cm³/mol. The summed E-state index contributed by atoms with van der Waals surface area (Å²) in [5.41, 5.74) is 1.37. The van der Waals surface area contributed by atoms with E-state index < -0.39 is 23.6 Å². The predicted octanol–water partition coefficient (Wildman–Crippen LogP) is 2.45.